The highest BCUT2D eigenvalue weighted by Crippen LogP contribution is 2.30. The van der Waals surface area contributed by atoms with Crippen LogP contribution in [0.4, 0.5) is 13.2 Å². The molecular weight excluding hydrogens is 291 g/mol. The maximum Gasteiger partial charge on any atom is 0.416 e. The summed E-state index contributed by atoms with van der Waals surface area (Å²) in [5, 5.41) is 3.36. The SMILES string of the molecule is CC1(C)COC(C)(Cc2ccc(C(F)(F)F)cc2)N1.Cl. The maximum atomic E-state index is 12.5. The molecule has 1 atom stereocenters. The first kappa shape index (κ1) is 17.3. The van der Waals surface area contributed by atoms with Crippen LogP contribution in [0.25, 0.3) is 0 Å². The molecule has 1 aliphatic heterocycles. The molecule has 0 radical (unpaired) electrons. The molecule has 6 heteroatoms. The molecule has 1 aliphatic rings. The minimum Gasteiger partial charge on any atom is -0.359 e. The third-order valence-corrected chi connectivity index (χ3v) is 3.18. The Bertz CT molecular complexity index is 458. The van der Waals surface area contributed by atoms with E-state index in [0.717, 1.165) is 17.7 Å². The van der Waals surface area contributed by atoms with Crippen LogP contribution in [-0.2, 0) is 17.3 Å². The largest absolute Gasteiger partial charge is 0.416 e. The third kappa shape index (κ3) is 4.11. The number of hydrogen-bond donors (Lipinski definition) is 1. The standard InChI is InChI=1S/C14H18F3NO.ClH/c1-12(2)9-19-13(3,18-12)8-10-4-6-11(7-5-10)14(15,16)17;/h4-7,18H,8-9H2,1-3H3;1H. The van der Waals surface area contributed by atoms with E-state index in [1.54, 1.807) is 0 Å². The van der Waals surface area contributed by atoms with E-state index in [-0.39, 0.29) is 17.9 Å². The molecule has 1 aromatic rings. The molecule has 1 saturated heterocycles. The molecule has 1 aromatic carbocycles. The first-order chi connectivity index (χ1) is 8.60. The summed E-state index contributed by atoms with van der Waals surface area (Å²) in [5.74, 6) is 0. The van der Waals surface area contributed by atoms with Crippen molar-refractivity contribution in [2.24, 2.45) is 0 Å². The lowest BCUT2D eigenvalue weighted by molar-refractivity contribution is -0.137. The monoisotopic (exact) mass is 309 g/mol. The van der Waals surface area contributed by atoms with Crippen LogP contribution in [0.3, 0.4) is 0 Å². The summed E-state index contributed by atoms with van der Waals surface area (Å²) in [4.78, 5) is 0. The highest BCUT2D eigenvalue weighted by atomic mass is 35.5. The lowest BCUT2D eigenvalue weighted by Gasteiger charge is -2.26. The number of benzene rings is 1. The zero-order chi connectivity index (χ0) is 14.3. The summed E-state index contributed by atoms with van der Waals surface area (Å²) < 4.78 is 43.1. The quantitative estimate of drug-likeness (QED) is 0.897. The molecule has 1 heterocycles. The van der Waals surface area contributed by atoms with Crippen molar-refractivity contribution in [3.8, 4) is 0 Å². The van der Waals surface area contributed by atoms with Gasteiger partial charge in [0.25, 0.3) is 0 Å². The van der Waals surface area contributed by atoms with Crippen molar-refractivity contribution >= 4 is 12.4 Å². The fraction of sp³-hybridized carbons (Fsp3) is 0.571. The molecule has 114 valence electrons. The summed E-state index contributed by atoms with van der Waals surface area (Å²) in [5.41, 5.74) is -0.438. The van der Waals surface area contributed by atoms with E-state index in [0.29, 0.717) is 13.0 Å². The zero-order valence-corrected chi connectivity index (χ0v) is 12.5. The van der Waals surface area contributed by atoms with Crippen molar-refractivity contribution in [1.29, 1.82) is 0 Å². The van der Waals surface area contributed by atoms with Gasteiger partial charge in [-0.25, -0.2) is 0 Å². The van der Waals surface area contributed by atoms with Crippen molar-refractivity contribution in [3.05, 3.63) is 35.4 Å². The summed E-state index contributed by atoms with van der Waals surface area (Å²) in [6, 6.07) is 5.23. The minimum atomic E-state index is -4.29. The predicted molar refractivity (Wildman–Crippen MR) is 74.0 cm³/mol. The van der Waals surface area contributed by atoms with Crippen LogP contribution in [0.5, 0.6) is 0 Å². The molecule has 2 nitrogen and oxygen atoms in total. The van der Waals surface area contributed by atoms with E-state index in [1.807, 2.05) is 20.8 Å². The van der Waals surface area contributed by atoms with E-state index in [1.165, 1.54) is 12.1 Å². The molecule has 0 aromatic heterocycles. The number of ether oxygens (including phenoxy) is 1. The van der Waals surface area contributed by atoms with Gasteiger partial charge in [0.05, 0.1) is 12.2 Å². The Balaban J connectivity index is 0.00000200. The minimum absolute atomic E-state index is 0. The molecule has 0 aliphatic carbocycles. The van der Waals surface area contributed by atoms with Crippen LogP contribution < -0.4 is 5.32 Å². The maximum absolute atomic E-state index is 12.5. The normalized spacial score (nSPS) is 25.3. The molecular formula is C14H19ClF3NO. The zero-order valence-electron chi connectivity index (χ0n) is 11.7. The van der Waals surface area contributed by atoms with Crippen LogP contribution in [0, 0.1) is 0 Å². The van der Waals surface area contributed by atoms with Gasteiger partial charge >= 0.3 is 6.18 Å². The second-order valence-electron chi connectivity index (χ2n) is 5.90. The number of alkyl halides is 3. The van der Waals surface area contributed by atoms with E-state index >= 15 is 0 Å². The van der Waals surface area contributed by atoms with Gasteiger partial charge in [0, 0.05) is 12.0 Å². The van der Waals surface area contributed by atoms with E-state index in [9.17, 15) is 13.2 Å². The van der Waals surface area contributed by atoms with Gasteiger partial charge in [-0.15, -0.1) is 12.4 Å². The lowest BCUT2D eigenvalue weighted by atomic mass is 10.0. The van der Waals surface area contributed by atoms with Crippen molar-refractivity contribution in [1.82, 2.24) is 5.32 Å². The number of halogens is 4. The number of nitrogens with one attached hydrogen (secondary N) is 1. The fourth-order valence-corrected chi connectivity index (χ4v) is 2.42. The van der Waals surface area contributed by atoms with Gasteiger partial charge < -0.3 is 4.74 Å². The molecule has 1 fully saturated rings. The summed E-state index contributed by atoms with van der Waals surface area (Å²) in [6.07, 6.45) is -3.75. The third-order valence-electron chi connectivity index (χ3n) is 3.18. The topological polar surface area (TPSA) is 21.3 Å². The van der Waals surface area contributed by atoms with Crippen molar-refractivity contribution in [3.63, 3.8) is 0 Å². The first-order valence-corrected chi connectivity index (χ1v) is 6.19. The summed E-state index contributed by atoms with van der Waals surface area (Å²) in [7, 11) is 0. The van der Waals surface area contributed by atoms with Crippen molar-refractivity contribution in [2.45, 2.75) is 44.6 Å². The van der Waals surface area contributed by atoms with Crippen molar-refractivity contribution < 1.29 is 17.9 Å². The Hall–Kier alpha value is -0.780. The molecule has 0 amide bonds. The Morgan fingerprint density at radius 2 is 1.70 bits per heavy atom. The van der Waals surface area contributed by atoms with Gasteiger partial charge in [-0.1, -0.05) is 12.1 Å². The van der Waals surface area contributed by atoms with E-state index < -0.39 is 17.5 Å². The van der Waals surface area contributed by atoms with Gasteiger partial charge in [0.15, 0.2) is 0 Å². The Morgan fingerprint density at radius 1 is 1.15 bits per heavy atom. The summed E-state index contributed by atoms with van der Waals surface area (Å²) >= 11 is 0. The van der Waals surface area contributed by atoms with Gasteiger partial charge in [-0.3, -0.25) is 5.32 Å². The molecule has 0 spiro atoms. The van der Waals surface area contributed by atoms with Crippen LogP contribution in [0.1, 0.15) is 31.9 Å². The number of hydrogen-bond acceptors (Lipinski definition) is 2. The Morgan fingerprint density at radius 3 is 2.10 bits per heavy atom. The van der Waals surface area contributed by atoms with Gasteiger partial charge in [0.1, 0.15) is 5.72 Å². The predicted octanol–water partition coefficient (Wildman–Crippen LogP) is 3.78. The molecule has 1 N–H and O–H groups in total. The van der Waals surface area contributed by atoms with Gasteiger partial charge in [-0.2, -0.15) is 13.2 Å². The van der Waals surface area contributed by atoms with E-state index in [2.05, 4.69) is 5.32 Å². The second-order valence-corrected chi connectivity index (χ2v) is 5.90. The second kappa shape index (κ2) is 5.54. The van der Waals surface area contributed by atoms with Crippen molar-refractivity contribution in [2.75, 3.05) is 6.61 Å². The average Bonchev–Trinajstić information content (AvgIpc) is 2.52. The molecule has 2 rings (SSSR count). The highest BCUT2D eigenvalue weighted by Gasteiger charge is 2.40. The Kier molecular flexibility index (Phi) is 4.79. The summed E-state index contributed by atoms with van der Waals surface area (Å²) in [6.45, 7) is 6.57. The van der Waals surface area contributed by atoms with Crippen LogP contribution >= 0.6 is 12.4 Å². The smallest absolute Gasteiger partial charge is 0.359 e. The Labute approximate surface area is 123 Å². The van der Waals surface area contributed by atoms with Crippen LogP contribution in [0.15, 0.2) is 24.3 Å². The average molecular weight is 310 g/mol. The van der Waals surface area contributed by atoms with Crippen LogP contribution in [0.2, 0.25) is 0 Å². The molecule has 0 bridgehead atoms. The van der Waals surface area contributed by atoms with Gasteiger partial charge in [0.2, 0.25) is 0 Å². The highest BCUT2D eigenvalue weighted by molar-refractivity contribution is 5.85. The fourth-order valence-electron chi connectivity index (χ4n) is 2.42. The van der Waals surface area contributed by atoms with Gasteiger partial charge in [-0.05, 0) is 38.5 Å². The molecule has 0 saturated carbocycles. The van der Waals surface area contributed by atoms with Crippen LogP contribution in [-0.4, -0.2) is 17.9 Å². The first-order valence-electron chi connectivity index (χ1n) is 6.19. The van der Waals surface area contributed by atoms with E-state index in [4.69, 9.17) is 4.74 Å². The lowest BCUT2D eigenvalue weighted by Crippen LogP contribution is -2.47. The number of rotatable bonds is 2. The molecule has 1 unspecified atom stereocenters. The molecule has 20 heavy (non-hydrogen) atoms.